The maximum absolute atomic E-state index is 10.7. The summed E-state index contributed by atoms with van der Waals surface area (Å²) in [5, 5.41) is 0.745. The van der Waals surface area contributed by atoms with E-state index in [2.05, 4.69) is 15.9 Å². The Balaban J connectivity index is 3.91. The van der Waals surface area contributed by atoms with Gasteiger partial charge in [-0.15, -0.1) is 0 Å². The number of hydrogen-bond acceptors (Lipinski definition) is 1. The molecule has 0 heterocycles. The van der Waals surface area contributed by atoms with Gasteiger partial charge in [-0.05, 0) is 6.92 Å². The number of hydrogen-bond donors (Lipinski definition) is 0. The molecule has 0 saturated carbocycles. The lowest BCUT2D eigenvalue weighted by Gasteiger charge is -2.15. The Morgan fingerprint density at radius 2 is 2.00 bits per heavy atom. The van der Waals surface area contributed by atoms with Gasteiger partial charge in [0.1, 0.15) is 5.78 Å². The van der Waals surface area contributed by atoms with Crippen molar-refractivity contribution < 1.29 is 4.79 Å². The highest BCUT2D eigenvalue weighted by Crippen LogP contribution is 2.18. The Hall–Kier alpha value is 0.150. The Labute approximate surface area is 58.6 Å². The molecule has 0 rings (SSSR count). The van der Waals surface area contributed by atoms with Crippen LogP contribution >= 0.6 is 15.9 Å². The van der Waals surface area contributed by atoms with Crippen LogP contribution in [0.3, 0.4) is 0 Å². The third-order valence-corrected chi connectivity index (χ3v) is 2.69. The molecule has 8 heavy (non-hydrogen) atoms. The van der Waals surface area contributed by atoms with Crippen molar-refractivity contribution in [2.24, 2.45) is 5.41 Å². The third kappa shape index (κ3) is 1.95. The molecule has 0 atom stereocenters. The molecular formula is C6H11BrO. The number of rotatable bonds is 2. The van der Waals surface area contributed by atoms with Gasteiger partial charge in [-0.25, -0.2) is 0 Å². The predicted octanol–water partition coefficient (Wildman–Crippen LogP) is 2.00. The van der Waals surface area contributed by atoms with E-state index in [-0.39, 0.29) is 11.2 Å². The molecule has 0 unspecified atom stereocenters. The quantitative estimate of drug-likeness (QED) is 0.592. The normalized spacial score (nSPS) is 11.5. The van der Waals surface area contributed by atoms with Crippen molar-refractivity contribution >= 4 is 21.7 Å². The zero-order valence-electron chi connectivity index (χ0n) is 5.49. The van der Waals surface area contributed by atoms with Crippen LogP contribution < -0.4 is 0 Å². The van der Waals surface area contributed by atoms with Crippen molar-refractivity contribution in [2.75, 3.05) is 5.33 Å². The van der Waals surface area contributed by atoms with Crippen molar-refractivity contribution in [3.63, 3.8) is 0 Å². The minimum absolute atomic E-state index is 0.181. The van der Waals surface area contributed by atoms with Gasteiger partial charge in [0, 0.05) is 10.7 Å². The van der Waals surface area contributed by atoms with Crippen molar-refractivity contribution in [3.8, 4) is 0 Å². The summed E-state index contributed by atoms with van der Waals surface area (Å²) in [4.78, 5) is 10.7. The Bertz CT molecular complexity index is 96.7. The van der Waals surface area contributed by atoms with Crippen LogP contribution in [0.2, 0.25) is 0 Å². The largest absolute Gasteiger partial charge is 0.299 e. The van der Waals surface area contributed by atoms with Gasteiger partial charge in [0.15, 0.2) is 0 Å². The van der Waals surface area contributed by atoms with Crippen molar-refractivity contribution in [1.82, 2.24) is 0 Å². The fourth-order valence-electron chi connectivity index (χ4n) is 0.0941. The first-order chi connectivity index (χ1) is 3.50. The van der Waals surface area contributed by atoms with E-state index in [4.69, 9.17) is 0 Å². The van der Waals surface area contributed by atoms with E-state index in [1.54, 1.807) is 6.92 Å². The summed E-state index contributed by atoms with van der Waals surface area (Å²) >= 11 is 3.25. The summed E-state index contributed by atoms with van der Waals surface area (Å²) in [6, 6.07) is 0. The van der Waals surface area contributed by atoms with Crippen LogP contribution in [0.5, 0.6) is 0 Å². The second kappa shape index (κ2) is 2.62. The van der Waals surface area contributed by atoms with E-state index in [1.807, 2.05) is 13.8 Å². The number of alkyl halides is 1. The molecule has 0 spiro atoms. The SMILES string of the molecule is CC(=O)C(C)(C)CBr. The molecule has 48 valence electrons. The Kier molecular flexibility index (Phi) is 2.67. The van der Waals surface area contributed by atoms with E-state index >= 15 is 0 Å². The molecule has 0 bridgehead atoms. The zero-order valence-corrected chi connectivity index (χ0v) is 7.08. The number of carbonyl (C=O) groups is 1. The first-order valence-corrected chi connectivity index (χ1v) is 3.70. The lowest BCUT2D eigenvalue weighted by molar-refractivity contribution is -0.123. The highest BCUT2D eigenvalue weighted by molar-refractivity contribution is 9.09. The van der Waals surface area contributed by atoms with Gasteiger partial charge >= 0.3 is 0 Å². The molecule has 0 aromatic carbocycles. The van der Waals surface area contributed by atoms with Crippen molar-refractivity contribution in [2.45, 2.75) is 20.8 Å². The molecule has 0 amide bonds. The van der Waals surface area contributed by atoms with Gasteiger partial charge in [0.05, 0.1) is 0 Å². The molecule has 0 fully saturated rings. The van der Waals surface area contributed by atoms with Crippen LogP contribution in [-0.4, -0.2) is 11.1 Å². The third-order valence-electron chi connectivity index (χ3n) is 1.29. The molecule has 0 aliphatic carbocycles. The van der Waals surface area contributed by atoms with E-state index < -0.39 is 0 Å². The second-order valence-corrected chi connectivity index (χ2v) is 3.13. The van der Waals surface area contributed by atoms with E-state index in [0.717, 1.165) is 5.33 Å². The van der Waals surface area contributed by atoms with Gasteiger partial charge in [0.2, 0.25) is 0 Å². The maximum atomic E-state index is 10.7. The monoisotopic (exact) mass is 178 g/mol. The molecule has 2 heteroatoms. The Morgan fingerprint density at radius 3 is 2.00 bits per heavy atom. The summed E-state index contributed by atoms with van der Waals surface area (Å²) in [6.45, 7) is 5.45. The minimum atomic E-state index is -0.181. The van der Waals surface area contributed by atoms with Crippen LogP contribution in [0.4, 0.5) is 0 Å². The van der Waals surface area contributed by atoms with E-state index in [9.17, 15) is 4.79 Å². The summed E-state index contributed by atoms with van der Waals surface area (Å²) in [7, 11) is 0. The fraction of sp³-hybridized carbons (Fsp3) is 0.833. The lowest BCUT2D eigenvalue weighted by Crippen LogP contribution is -2.22. The first-order valence-electron chi connectivity index (χ1n) is 2.57. The highest BCUT2D eigenvalue weighted by Gasteiger charge is 2.20. The average Bonchev–Trinajstić information content (AvgIpc) is 1.67. The van der Waals surface area contributed by atoms with Gasteiger partial charge in [-0.3, -0.25) is 4.79 Å². The molecule has 1 nitrogen and oxygen atoms in total. The summed E-state index contributed by atoms with van der Waals surface area (Å²) < 4.78 is 0. The van der Waals surface area contributed by atoms with Gasteiger partial charge < -0.3 is 0 Å². The number of carbonyl (C=O) groups excluding carboxylic acids is 1. The number of halogens is 1. The van der Waals surface area contributed by atoms with Crippen LogP contribution in [-0.2, 0) is 4.79 Å². The smallest absolute Gasteiger partial charge is 0.136 e. The molecule has 0 radical (unpaired) electrons. The van der Waals surface area contributed by atoms with E-state index in [1.165, 1.54) is 0 Å². The van der Waals surface area contributed by atoms with Crippen LogP contribution in [0.15, 0.2) is 0 Å². The molecule has 0 saturated heterocycles. The summed E-state index contributed by atoms with van der Waals surface area (Å²) in [6.07, 6.45) is 0. The van der Waals surface area contributed by atoms with Crippen molar-refractivity contribution in [1.29, 1.82) is 0 Å². The maximum Gasteiger partial charge on any atom is 0.136 e. The summed E-state index contributed by atoms with van der Waals surface area (Å²) in [5.41, 5.74) is -0.181. The lowest BCUT2D eigenvalue weighted by atomic mass is 9.92. The standard InChI is InChI=1S/C6H11BrO/c1-5(8)6(2,3)4-7/h4H2,1-3H3. The molecule has 0 aliphatic rings. The Morgan fingerprint density at radius 1 is 1.62 bits per heavy atom. The second-order valence-electron chi connectivity index (χ2n) is 2.57. The minimum Gasteiger partial charge on any atom is -0.299 e. The van der Waals surface area contributed by atoms with Crippen LogP contribution in [0.1, 0.15) is 20.8 Å². The molecule has 0 aromatic heterocycles. The zero-order chi connectivity index (χ0) is 6.78. The first kappa shape index (κ1) is 8.15. The topological polar surface area (TPSA) is 17.1 Å². The van der Waals surface area contributed by atoms with Crippen LogP contribution in [0, 0.1) is 5.41 Å². The van der Waals surface area contributed by atoms with Gasteiger partial charge in [-0.2, -0.15) is 0 Å². The fourth-order valence-corrected chi connectivity index (χ4v) is 0.489. The van der Waals surface area contributed by atoms with Gasteiger partial charge in [-0.1, -0.05) is 29.8 Å². The molecule has 0 aromatic rings. The molecule has 0 N–H and O–H groups in total. The number of ketones is 1. The highest BCUT2D eigenvalue weighted by atomic mass is 79.9. The van der Waals surface area contributed by atoms with Crippen LogP contribution in [0.25, 0.3) is 0 Å². The van der Waals surface area contributed by atoms with E-state index in [0.29, 0.717) is 0 Å². The van der Waals surface area contributed by atoms with Crippen molar-refractivity contribution in [3.05, 3.63) is 0 Å². The van der Waals surface area contributed by atoms with Gasteiger partial charge in [0.25, 0.3) is 0 Å². The average molecular weight is 179 g/mol. The molecular weight excluding hydrogens is 168 g/mol. The number of Topliss-reactive ketones (excluding diaryl/α,β-unsaturated/α-hetero) is 1. The summed E-state index contributed by atoms with van der Waals surface area (Å²) in [5.74, 6) is 0.231. The predicted molar refractivity (Wildman–Crippen MR) is 38.3 cm³/mol. The molecule has 0 aliphatic heterocycles.